The fourth-order valence-electron chi connectivity index (χ4n) is 3.05. The van der Waals surface area contributed by atoms with Crippen LogP contribution in [0.4, 0.5) is 0 Å². The lowest BCUT2D eigenvalue weighted by Gasteiger charge is -2.27. The Hall–Kier alpha value is -2.55. The van der Waals surface area contributed by atoms with Crippen LogP contribution < -0.4 is 5.56 Å². The van der Waals surface area contributed by atoms with Gasteiger partial charge in [0.2, 0.25) is 5.91 Å². The zero-order valence-corrected chi connectivity index (χ0v) is 14.3. The summed E-state index contributed by atoms with van der Waals surface area (Å²) in [4.78, 5) is 55.3. The maximum absolute atomic E-state index is 12.5. The van der Waals surface area contributed by atoms with Crippen molar-refractivity contribution in [3.63, 3.8) is 0 Å². The van der Waals surface area contributed by atoms with E-state index in [0.29, 0.717) is 37.3 Å². The monoisotopic (exact) mass is 348 g/mol. The van der Waals surface area contributed by atoms with Crippen molar-refractivity contribution in [3.05, 3.63) is 27.4 Å². The van der Waals surface area contributed by atoms with E-state index in [1.54, 1.807) is 18.9 Å². The third-order valence-corrected chi connectivity index (χ3v) is 4.64. The molecule has 0 radical (unpaired) electrons. The normalized spacial score (nSPS) is 18.2. The third kappa shape index (κ3) is 3.32. The quantitative estimate of drug-likeness (QED) is 0.597. The predicted octanol–water partition coefficient (Wildman–Crippen LogP) is -1.60. The highest BCUT2D eigenvalue weighted by Crippen LogP contribution is 2.12. The fraction of sp³-hybridized carbons (Fsp3) is 0.562. The molecule has 2 aliphatic heterocycles. The lowest BCUT2D eigenvalue weighted by Crippen LogP contribution is -2.51. The standard InChI is InChI=1S/C16H20N4O5/c1-10-17-12-4-6-19(5-3-11(12)16(24)18(10)2)13(21)7-20-14(22)8-25-9-15(20)23/h3-9H2,1-2H3. The average molecular weight is 348 g/mol. The lowest BCUT2D eigenvalue weighted by atomic mass is 10.1. The molecule has 0 unspecified atom stereocenters. The zero-order valence-electron chi connectivity index (χ0n) is 14.3. The molecule has 134 valence electrons. The highest BCUT2D eigenvalue weighted by Gasteiger charge is 2.31. The first kappa shape index (κ1) is 17.3. The minimum Gasteiger partial charge on any atom is -0.362 e. The van der Waals surface area contributed by atoms with Crippen molar-refractivity contribution in [2.24, 2.45) is 7.05 Å². The first-order chi connectivity index (χ1) is 11.9. The first-order valence-corrected chi connectivity index (χ1v) is 8.12. The van der Waals surface area contributed by atoms with Crippen molar-refractivity contribution in [1.29, 1.82) is 0 Å². The average Bonchev–Trinajstić information content (AvgIpc) is 2.79. The van der Waals surface area contributed by atoms with E-state index in [1.165, 1.54) is 4.57 Å². The summed E-state index contributed by atoms with van der Waals surface area (Å²) in [5.74, 6) is -0.694. The summed E-state index contributed by atoms with van der Waals surface area (Å²) in [6, 6.07) is 0. The molecule has 1 aromatic heterocycles. The Morgan fingerprint density at radius 2 is 1.76 bits per heavy atom. The van der Waals surface area contributed by atoms with Crippen molar-refractivity contribution < 1.29 is 19.1 Å². The summed E-state index contributed by atoms with van der Waals surface area (Å²) in [7, 11) is 1.68. The lowest BCUT2D eigenvalue weighted by molar-refractivity contribution is -0.161. The number of aromatic nitrogens is 2. The largest absolute Gasteiger partial charge is 0.362 e. The van der Waals surface area contributed by atoms with E-state index in [9.17, 15) is 19.2 Å². The number of nitrogens with zero attached hydrogens (tertiary/aromatic N) is 4. The number of amides is 3. The van der Waals surface area contributed by atoms with Crippen molar-refractivity contribution in [2.75, 3.05) is 32.8 Å². The van der Waals surface area contributed by atoms with Crippen molar-refractivity contribution in [2.45, 2.75) is 19.8 Å². The molecule has 3 heterocycles. The number of rotatable bonds is 2. The molecule has 0 bridgehead atoms. The van der Waals surface area contributed by atoms with Gasteiger partial charge in [-0.1, -0.05) is 0 Å². The predicted molar refractivity (Wildman–Crippen MR) is 85.7 cm³/mol. The number of ether oxygens (including phenoxy) is 1. The van der Waals surface area contributed by atoms with E-state index in [4.69, 9.17) is 4.74 Å². The molecule has 3 amide bonds. The number of aryl methyl sites for hydroxylation is 1. The van der Waals surface area contributed by atoms with Crippen LogP contribution in [0.3, 0.4) is 0 Å². The van der Waals surface area contributed by atoms with Gasteiger partial charge in [-0.2, -0.15) is 0 Å². The van der Waals surface area contributed by atoms with Crippen molar-refractivity contribution in [1.82, 2.24) is 19.4 Å². The van der Waals surface area contributed by atoms with Crippen LogP contribution in [-0.2, 0) is 39.0 Å². The second-order valence-electron chi connectivity index (χ2n) is 6.20. The number of carbonyl (C=O) groups is 3. The Bertz CT molecular complexity index is 784. The summed E-state index contributed by atoms with van der Waals surface area (Å²) in [5.41, 5.74) is 1.26. The number of morpholine rings is 1. The molecule has 1 saturated heterocycles. The van der Waals surface area contributed by atoms with Gasteiger partial charge in [-0.25, -0.2) is 4.98 Å². The third-order valence-electron chi connectivity index (χ3n) is 4.64. The molecule has 3 rings (SSSR count). The first-order valence-electron chi connectivity index (χ1n) is 8.12. The Labute approximate surface area is 144 Å². The molecule has 25 heavy (non-hydrogen) atoms. The van der Waals surface area contributed by atoms with E-state index >= 15 is 0 Å². The SMILES string of the molecule is Cc1nc2c(c(=O)n1C)CCN(C(=O)CN1C(=O)COCC1=O)CC2. The highest BCUT2D eigenvalue weighted by molar-refractivity contribution is 6.01. The Balaban J connectivity index is 1.72. The van der Waals surface area contributed by atoms with E-state index < -0.39 is 11.8 Å². The smallest absolute Gasteiger partial charge is 0.256 e. The summed E-state index contributed by atoms with van der Waals surface area (Å²) in [6.45, 7) is 1.86. The van der Waals surface area contributed by atoms with Crippen LogP contribution in [0.5, 0.6) is 0 Å². The molecule has 1 fully saturated rings. The molecule has 0 aromatic carbocycles. The molecule has 0 spiro atoms. The maximum Gasteiger partial charge on any atom is 0.256 e. The van der Waals surface area contributed by atoms with Crippen LogP contribution in [0.15, 0.2) is 4.79 Å². The Morgan fingerprint density at radius 1 is 1.12 bits per heavy atom. The topological polar surface area (TPSA) is 102 Å². The summed E-state index contributed by atoms with van der Waals surface area (Å²) < 4.78 is 6.34. The summed E-state index contributed by atoms with van der Waals surface area (Å²) in [6.07, 6.45) is 0.884. The molecule has 0 aliphatic carbocycles. The molecule has 2 aliphatic rings. The Kier molecular flexibility index (Phi) is 4.67. The van der Waals surface area contributed by atoms with Gasteiger partial charge in [-0.05, 0) is 13.3 Å². The van der Waals surface area contributed by atoms with Gasteiger partial charge < -0.3 is 9.64 Å². The van der Waals surface area contributed by atoms with Gasteiger partial charge in [0.1, 0.15) is 25.6 Å². The molecular formula is C16H20N4O5. The van der Waals surface area contributed by atoms with Crippen molar-refractivity contribution in [3.8, 4) is 0 Å². The second-order valence-corrected chi connectivity index (χ2v) is 6.20. The van der Waals surface area contributed by atoms with Gasteiger partial charge >= 0.3 is 0 Å². The van der Waals surface area contributed by atoms with Crippen LogP contribution in [0.25, 0.3) is 0 Å². The Morgan fingerprint density at radius 3 is 2.44 bits per heavy atom. The molecular weight excluding hydrogens is 328 g/mol. The highest BCUT2D eigenvalue weighted by atomic mass is 16.5. The molecule has 9 heteroatoms. The number of carbonyl (C=O) groups excluding carboxylic acids is 3. The summed E-state index contributed by atoms with van der Waals surface area (Å²) >= 11 is 0. The van der Waals surface area contributed by atoms with Gasteiger partial charge in [-0.3, -0.25) is 28.6 Å². The van der Waals surface area contributed by atoms with Crippen LogP contribution in [0, 0.1) is 6.92 Å². The molecule has 9 nitrogen and oxygen atoms in total. The molecule has 1 aromatic rings. The van der Waals surface area contributed by atoms with Gasteiger partial charge in [0.15, 0.2) is 0 Å². The van der Waals surface area contributed by atoms with Gasteiger partial charge in [-0.15, -0.1) is 0 Å². The number of fused-ring (bicyclic) bond motifs is 1. The summed E-state index contributed by atoms with van der Waals surface area (Å²) in [5, 5.41) is 0. The van der Waals surface area contributed by atoms with E-state index in [2.05, 4.69) is 4.98 Å². The van der Waals surface area contributed by atoms with E-state index in [1.807, 2.05) is 0 Å². The van der Waals surface area contributed by atoms with Crippen LogP contribution >= 0.6 is 0 Å². The van der Waals surface area contributed by atoms with Crippen LogP contribution in [0.2, 0.25) is 0 Å². The van der Waals surface area contributed by atoms with E-state index in [-0.39, 0.29) is 31.2 Å². The molecule has 0 saturated carbocycles. The second kappa shape index (κ2) is 6.75. The van der Waals surface area contributed by atoms with Gasteiger partial charge in [0.25, 0.3) is 17.4 Å². The van der Waals surface area contributed by atoms with Gasteiger partial charge in [0.05, 0.1) is 5.69 Å². The zero-order chi connectivity index (χ0) is 18.1. The van der Waals surface area contributed by atoms with Gasteiger partial charge in [0, 0.05) is 32.1 Å². The van der Waals surface area contributed by atoms with Crippen LogP contribution in [-0.4, -0.2) is 69.9 Å². The van der Waals surface area contributed by atoms with Crippen molar-refractivity contribution >= 4 is 17.7 Å². The molecule has 0 N–H and O–H groups in total. The maximum atomic E-state index is 12.5. The van der Waals surface area contributed by atoms with E-state index in [0.717, 1.165) is 10.6 Å². The molecule has 0 atom stereocenters. The number of hydrogen-bond donors (Lipinski definition) is 0. The fourth-order valence-corrected chi connectivity index (χ4v) is 3.05. The number of imide groups is 1. The minimum atomic E-state index is -0.506. The number of hydrogen-bond acceptors (Lipinski definition) is 6. The van der Waals surface area contributed by atoms with Crippen LogP contribution in [0.1, 0.15) is 17.1 Å². The minimum absolute atomic E-state index is 0.0877.